The molecule has 0 N–H and O–H groups in total. The van der Waals surface area contributed by atoms with Crippen LogP contribution in [0.4, 0.5) is 0 Å². The van der Waals surface area contributed by atoms with E-state index in [-0.39, 0.29) is 11.5 Å². The minimum atomic E-state index is -2.06. The second-order valence-corrected chi connectivity index (χ2v) is 9.73. The van der Waals surface area contributed by atoms with Gasteiger partial charge in [0.15, 0.2) is 0 Å². The van der Waals surface area contributed by atoms with Crippen LogP contribution >= 0.6 is 0 Å². The number of rotatable bonds is 4. The lowest BCUT2D eigenvalue weighted by atomic mass is 9.93. The first kappa shape index (κ1) is 18.7. The third kappa shape index (κ3) is 4.67. The molecule has 2 saturated heterocycles. The van der Waals surface area contributed by atoms with Gasteiger partial charge >= 0.3 is 0 Å². The molecule has 1 spiro atoms. The predicted molar refractivity (Wildman–Crippen MR) is 91.0 cm³/mol. The molecule has 2 aliphatic heterocycles. The molecule has 0 saturated carbocycles. The Morgan fingerprint density at radius 1 is 1.39 bits per heavy atom. The molecule has 1 amide bonds. The summed E-state index contributed by atoms with van der Waals surface area (Å²) in [7, 11) is -0.437. The third-order valence-corrected chi connectivity index (χ3v) is 7.26. The van der Waals surface area contributed by atoms with E-state index in [1.54, 1.807) is 7.11 Å². The van der Waals surface area contributed by atoms with E-state index in [2.05, 4.69) is 4.36 Å². The highest BCUT2D eigenvalue weighted by Crippen LogP contribution is 2.32. The first-order chi connectivity index (χ1) is 10.7. The molecule has 0 bridgehead atoms. The lowest BCUT2D eigenvalue weighted by molar-refractivity contribution is -0.156. The molecule has 134 valence electrons. The fourth-order valence-corrected chi connectivity index (χ4v) is 5.51. The molecule has 0 atom stereocenters. The number of hydrogen-bond donors (Lipinski definition) is 0. The van der Waals surface area contributed by atoms with Crippen molar-refractivity contribution >= 4 is 15.6 Å². The summed E-state index contributed by atoms with van der Waals surface area (Å²) in [5.74, 6) is 1.25. The standard InChI is InChI=1S/C16H30N2O4S/c1-5-17-23(20)10-6-16(7-11-23)13-18(8-9-22-16)14(19)12-15(2,3)21-4/h5-13H2,1-4H3. The Kier molecular flexibility index (Phi) is 5.74. The molecule has 7 heteroatoms. The topological polar surface area (TPSA) is 68.2 Å². The Hall–Kier alpha value is -0.660. The van der Waals surface area contributed by atoms with Crippen LogP contribution in [0.2, 0.25) is 0 Å². The van der Waals surface area contributed by atoms with Gasteiger partial charge < -0.3 is 14.4 Å². The van der Waals surface area contributed by atoms with Gasteiger partial charge in [-0.15, -0.1) is 0 Å². The van der Waals surface area contributed by atoms with Crippen molar-refractivity contribution in [3.63, 3.8) is 0 Å². The molecule has 23 heavy (non-hydrogen) atoms. The van der Waals surface area contributed by atoms with Gasteiger partial charge in [0.1, 0.15) is 0 Å². The lowest BCUT2D eigenvalue weighted by Gasteiger charge is -2.45. The van der Waals surface area contributed by atoms with E-state index >= 15 is 0 Å². The molecule has 2 rings (SSSR count). The molecular weight excluding hydrogens is 316 g/mol. The van der Waals surface area contributed by atoms with Crippen LogP contribution in [-0.2, 0) is 24.0 Å². The highest BCUT2D eigenvalue weighted by atomic mass is 32.2. The number of carbonyl (C=O) groups is 1. The maximum atomic E-state index is 12.6. The van der Waals surface area contributed by atoms with E-state index in [1.165, 1.54) is 0 Å². The Morgan fingerprint density at radius 3 is 2.61 bits per heavy atom. The van der Waals surface area contributed by atoms with Gasteiger partial charge in [-0.1, -0.05) is 0 Å². The van der Waals surface area contributed by atoms with Crippen molar-refractivity contribution in [1.82, 2.24) is 4.90 Å². The van der Waals surface area contributed by atoms with Gasteiger partial charge in [-0.3, -0.25) is 4.79 Å². The van der Waals surface area contributed by atoms with E-state index in [0.717, 1.165) is 0 Å². The number of amides is 1. The fraction of sp³-hybridized carbons (Fsp3) is 0.938. The molecular formula is C16H30N2O4S. The number of methoxy groups -OCH3 is 1. The summed E-state index contributed by atoms with van der Waals surface area (Å²) >= 11 is 0. The summed E-state index contributed by atoms with van der Waals surface area (Å²) in [4.78, 5) is 14.4. The van der Waals surface area contributed by atoms with Crippen LogP contribution in [0.1, 0.15) is 40.0 Å². The molecule has 0 radical (unpaired) electrons. The van der Waals surface area contributed by atoms with Crippen LogP contribution in [0.3, 0.4) is 0 Å². The molecule has 0 aromatic heterocycles. The van der Waals surface area contributed by atoms with Crippen LogP contribution in [0, 0.1) is 0 Å². The Labute approximate surface area is 140 Å². The van der Waals surface area contributed by atoms with Crippen molar-refractivity contribution in [1.29, 1.82) is 0 Å². The molecule has 0 aromatic carbocycles. The van der Waals surface area contributed by atoms with Gasteiger partial charge in [0.05, 0.1) is 24.2 Å². The highest BCUT2D eigenvalue weighted by Gasteiger charge is 2.42. The van der Waals surface area contributed by atoms with Crippen molar-refractivity contribution in [2.45, 2.75) is 51.2 Å². The van der Waals surface area contributed by atoms with Gasteiger partial charge in [-0.05, 0) is 33.6 Å². The average Bonchev–Trinajstić information content (AvgIpc) is 2.51. The van der Waals surface area contributed by atoms with Gasteiger partial charge in [-0.25, -0.2) is 8.57 Å². The summed E-state index contributed by atoms with van der Waals surface area (Å²) in [5.41, 5.74) is -0.793. The van der Waals surface area contributed by atoms with Crippen LogP contribution in [0.15, 0.2) is 4.36 Å². The number of carbonyl (C=O) groups excluding carboxylic acids is 1. The predicted octanol–water partition coefficient (Wildman–Crippen LogP) is 1.68. The molecule has 2 aliphatic rings. The lowest BCUT2D eigenvalue weighted by Crippen LogP contribution is -2.57. The minimum absolute atomic E-state index is 0.101. The van der Waals surface area contributed by atoms with Gasteiger partial charge in [0, 0.05) is 48.0 Å². The zero-order valence-corrected chi connectivity index (χ0v) is 15.6. The van der Waals surface area contributed by atoms with E-state index in [9.17, 15) is 9.00 Å². The van der Waals surface area contributed by atoms with Crippen molar-refractivity contribution in [3.8, 4) is 0 Å². The second kappa shape index (κ2) is 7.07. The first-order valence-electron chi connectivity index (χ1n) is 8.38. The van der Waals surface area contributed by atoms with Crippen molar-refractivity contribution in [3.05, 3.63) is 0 Å². The molecule has 0 aromatic rings. The average molecular weight is 346 g/mol. The molecule has 0 unspecified atom stereocenters. The van der Waals surface area contributed by atoms with Crippen LogP contribution < -0.4 is 0 Å². The summed E-state index contributed by atoms with van der Waals surface area (Å²) in [6, 6.07) is 0. The van der Waals surface area contributed by atoms with Crippen LogP contribution in [0.5, 0.6) is 0 Å². The largest absolute Gasteiger partial charge is 0.378 e. The Bertz CT molecular complexity index is 538. The van der Waals surface area contributed by atoms with Gasteiger partial charge in [0.2, 0.25) is 5.91 Å². The van der Waals surface area contributed by atoms with E-state index in [4.69, 9.17) is 9.47 Å². The summed E-state index contributed by atoms with van der Waals surface area (Å²) < 4.78 is 28.2. The maximum Gasteiger partial charge on any atom is 0.225 e. The molecule has 2 heterocycles. The van der Waals surface area contributed by atoms with Crippen molar-refractivity contribution in [2.24, 2.45) is 4.36 Å². The van der Waals surface area contributed by atoms with Crippen molar-refractivity contribution < 1.29 is 18.5 Å². The Morgan fingerprint density at radius 2 is 2.04 bits per heavy atom. The van der Waals surface area contributed by atoms with Crippen LogP contribution in [0.25, 0.3) is 0 Å². The molecule has 0 aliphatic carbocycles. The zero-order chi connectivity index (χ0) is 17.1. The molecule has 6 nitrogen and oxygen atoms in total. The van der Waals surface area contributed by atoms with E-state index < -0.39 is 15.3 Å². The smallest absolute Gasteiger partial charge is 0.225 e. The number of ether oxygens (including phenoxy) is 2. The number of morpholine rings is 1. The fourth-order valence-electron chi connectivity index (χ4n) is 3.19. The van der Waals surface area contributed by atoms with E-state index in [0.29, 0.717) is 57.0 Å². The third-order valence-electron chi connectivity index (χ3n) is 4.85. The SMILES string of the molecule is CCN=S1(=O)CCC2(CC1)CN(C(=O)CC(C)(C)OC)CCO2. The highest BCUT2D eigenvalue weighted by molar-refractivity contribution is 7.93. The Balaban J connectivity index is 2.00. The summed E-state index contributed by atoms with van der Waals surface area (Å²) in [6.07, 6.45) is 1.79. The second-order valence-electron chi connectivity index (χ2n) is 7.11. The molecule has 2 fully saturated rings. The normalized spacial score (nSPS) is 32.1. The maximum absolute atomic E-state index is 12.6. The van der Waals surface area contributed by atoms with Crippen molar-refractivity contribution in [2.75, 3.05) is 44.9 Å². The first-order valence-corrected chi connectivity index (χ1v) is 10.2. The summed E-state index contributed by atoms with van der Waals surface area (Å²) in [5, 5.41) is 0. The minimum Gasteiger partial charge on any atom is -0.378 e. The monoisotopic (exact) mass is 346 g/mol. The quantitative estimate of drug-likeness (QED) is 0.777. The van der Waals surface area contributed by atoms with Crippen LogP contribution in [-0.4, -0.2) is 71.1 Å². The zero-order valence-electron chi connectivity index (χ0n) is 14.8. The number of nitrogens with zero attached hydrogens (tertiary/aromatic N) is 2. The van der Waals surface area contributed by atoms with Gasteiger partial charge in [-0.2, -0.15) is 0 Å². The van der Waals surface area contributed by atoms with E-state index in [1.807, 2.05) is 25.7 Å². The summed E-state index contributed by atoms with van der Waals surface area (Å²) in [6.45, 7) is 8.12. The van der Waals surface area contributed by atoms with Gasteiger partial charge in [0.25, 0.3) is 0 Å². The number of hydrogen-bond acceptors (Lipinski definition) is 5.